The standard InChI is InChI=1S/C23H27N3O2/c1-27-19-9-7-18(8-10-19)22-17-23(20-5-2-3-6-21(20)25-22)24-11-4-12-26-13-15-28-16-14-26/h2-3,5-10,17H,4,11-16H2,1H3,(H,24,25). The highest BCUT2D eigenvalue weighted by molar-refractivity contribution is 5.93. The van der Waals surface area contributed by atoms with Gasteiger partial charge in [0.25, 0.3) is 0 Å². The molecule has 1 saturated heterocycles. The van der Waals surface area contributed by atoms with Gasteiger partial charge < -0.3 is 14.8 Å². The van der Waals surface area contributed by atoms with E-state index in [1.165, 1.54) is 0 Å². The summed E-state index contributed by atoms with van der Waals surface area (Å²) in [5, 5.41) is 4.80. The highest BCUT2D eigenvalue weighted by Gasteiger charge is 2.10. The van der Waals surface area contributed by atoms with Gasteiger partial charge in [-0.1, -0.05) is 18.2 Å². The molecule has 4 rings (SSSR count). The molecule has 2 heterocycles. The molecule has 0 unspecified atom stereocenters. The van der Waals surface area contributed by atoms with Crippen molar-refractivity contribution in [2.45, 2.75) is 6.42 Å². The largest absolute Gasteiger partial charge is 0.497 e. The summed E-state index contributed by atoms with van der Waals surface area (Å²) in [5.74, 6) is 0.853. The van der Waals surface area contributed by atoms with E-state index in [4.69, 9.17) is 14.5 Å². The number of nitrogens with one attached hydrogen (secondary N) is 1. The number of rotatable bonds is 7. The maximum Gasteiger partial charge on any atom is 0.118 e. The van der Waals surface area contributed by atoms with E-state index in [2.05, 4.69) is 46.6 Å². The Morgan fingerprint density at radius 2 is 1.86 bits per heavy atom. The van der Waals surface area contributed by atoms with E-state index < -0.39 is 0 Å². The number of anilines is 1. The van der Waals surface area contributed by atoms with Crippen LogP contribution in [-0.4, -0.2) is 56.4 Å². The average molecular weight is 377 g/mol. The lowest BCUT2D eigenvalue weighted by atomic mass is 10.1. The topological polar surface area (TPSA) is 46.6 Å². The molecule has 0 aliphatic carbocycles. The number of methoxy groups -OCH3 is 1. The van der Waals surface area contributed by atoms with Crippen LogP contribution in [0.4, 0.5) is 5.69 Å². The van der Waals surface area contributed by atoms with Gasteiger partial charge in [-0.05, 0) is 49.4 Å². The maximum absolute atomic E-state index is 5.42. The number of fused-ring (bicyclic) bond motifs is 1. The first-order valence-electron chi connectivity index (χ1n) is 9.92. The van der Waals surface area contributed by atoms with Crippen molar-refractivity contribution >= 4 is 16.6 Å². The normalized spacial score (nSPS) is 14.9. The molecule has 3 aromatic rings. The SMILES string of the molecule is COc1ccc(-c2cc(NCCCN3CCOCC3)c3ccccc3n2)cc1. The first-order valence-corrected chi connectivity index (χ1v) is 9.92. The Kier molecular flexibility index (Phi) is 6.04. The van der Waals surface area contributed by atoms with Gasteiger partial charge in [-0.25, -0.2) is 4.98 Å². The third-order valence-corrected chi connectivity index (χ3v) is 5.17. The van der Waals surface area contributed by atoms with Crippen molar-refractivity contribution in [2.75, 3.05) is 51.8 Å². The van der Waals surface area contributed by atoms with Gasteiger partial charge in [-0.2, -0.15) is 0 Å². The van der Waals surface area contributed by atoms with Crippen molar-refractivity contribution in [1.82, 2.24) is 9.88 Å². The number of hydrogen-bond acceptors (Lipinski definition) is 5. The number of pyridine rings is 1. The van der Waals surface area contributed by atoms with Crippen LogP contribution in [0, 0.1) is 0 Å². The number of benzene rings is 2. The third kappa shape index (κ3) is 4.43. The summed E-state index contributed by atoms with van der Waals surface area (Å²) in [7, 11) is 1.68. The minimum atomic E-state index is 0.853. The quantitative estimate of drug-likeness (QED) is 0.630. The summed E-state index contributed by atoms with van der Waals surface area (Å²) in [6.45, 7) is 5.83. The molecule has 5 heteroatoms. The predicted octanol–water partition coefficient (Wildman–Crippen LogP) is 4.04. The van der Waals surface area contributed by atoms with E-state index in [0.717, 1.165) is 79.4 Å². The van der Waals surface area contributed by atoms with E-state index in [-0.39, 0.29) is 0 Å². The van der Waals surface area contributed by atoms with Gasteiger partial charge in [-0.3, -0.25) is 4.90 Å². The Morgan fingerprint density at radius 3 is 2.64 bits per heavy atom. The number of nitrogens with zero attached hydrogens (tertiary/aromatic N) is 2. The van der Waals surface area contributed by atoms with Crippen LogP contribution in [0.5, 0.6) is 5.75 Å². The number of para-hydroxylation sites is 1. The number of morpholine rings is 1. The molecule has 0 bridgehead atoms. The van der Waals surface area contributed by atoms with E-state index in [1.807, 2.05) is 18.2 Å². The van der Waals surface area contributed by atoms with Gasteiger partial charge in [0.1, 0.15) is 5.75 Å². The maximum atomic E-state index is 5.42. The summed E-state index contributed by atoms with van der Waals surface area (Å²) in [5.41, 5.74) is 4.20. The molecule has 1 aliphatic rings. The number of hydrogen-bond donors (Lipinski definition) is 1. The molecule has 0 spiro atoms. The van der Waals surface area contributed by atoms with Crippen LogP contribution >= 0.6 is 0 Å². The zero-order valence-corrected chi connectivity index (χ0v) is 16.4. The number of aromatic nitrogens is 1. The number of ether oxygens (including phenoxy) is 2. The lowest BCUT2D eigenvalue weighted by molar-refractivity contribution is 0.0378. The molecule has 5 nitrogen and oxygen atoms in total. The molecular formula is C23H27N3O2. The lowest BCUT2D eigenvalue weighted by Gasteiger charge is -2.26. The summed E-state index contributed by atoms with van der Waals surface area (Å²) in [6, 6.07) is 18.5. The molecule has 146 valence electrons. The van der Waals surface area contributed by atoms with Gasteiger partial charge in [0, 0.05) is 36.3 Å². The molecule has 2 aromatic carbocycles. The van der Waals surface area contributed by atoms with Gasteiger partial charge in [-0.15, -0.1) is 0 Å². The molecule has 0 atom stereocenters. The van der Waals surface area contributed by atoms with E-state index >= 15 is 0 Å². The Labute approximate surface area is 166 Å². The van der Waals surface area contributed by atoms with Crippen LogP contribution in [-0.2, 0) is 4.74 Å². The summed E-state index contributed by atoms with van der Waals surface area (Å²) >= 11 is 0. The van der Waals surface area contributed by atoms with Crippen molar-refractivity contribution < 1.29 is 9.47 Å². The summed E-state index contributed by atoms with van der Waals surface area (Å²) in [4.78, 5) is 7.33. The van der Waals surface area contributed by atoms with Crippen molar-refractivity contribution in [2.24, 2.45) is 0 Å². The monoisotopic (exact) mass is 377 g/mol. The van der Waals surface area contributed by atoms with Crippen LogP contribution in [0.2, 0.25) is 0 Å². The second kappa shape index (κ2) is 9.04. The molecule has 1 N–H and O–H groups in total. The van der Waals surface area contributed by atoms with Crippen LogP contribution in [0.1, 0.15) is 6.42 Å². The Balaban J connectivity index is 1.50. The highest BCUT2D eigenvalue weighted by Crippen LogP contribution is 2.29. The Morgan fingerprint density at radius 1 is 1.07 bits per heavy atom. The van der Waals surface area contributed by atoms with E-state index in [9.17, 15) is 0 Å². The predicted molar refractivity (Wildman–Crippen MR) is 114 cm³/mol. The minimum absolute atomic E-state index is 0.853. The fourth-order valence-electron chi connectivity index (χ4n) is 3.58. The molecule has 0 radical (unpaired) electrons. The first-order chi connectivity index (χ1) is 13.8. The van der Waals surface area contributed by atoms with Crippen molar-refractivity contribution in [1.29, 1.82) is 0 Å². The molecular weight excluding hydrogens is 350 g/mol. The second-order valence-electron chi connectivity index (χ2n) is 7.04. The van der Waals surface area contributed by atoms with E-state index in [1.54, 1.807) is 7.11 Å². The van der Waals surface area contributed by atoms with Crippen LogP contribution in [0.3, 0.4) is 0 Å². The Bertz CT molecular complexity index is 905. The van der Waals surface area contributed by atoms with Gasteiger partial charge in [0.05, 0.1) is 31.5 Å². The van der Waals surface area contributed by atoms with Gasteiger partial charge >= 0.3 is 0 Å². The summed E-state index contributed by atoms with van der Waals surface area (Å²) < 4.78 is 10.7. The van der Waals surface area contributed by atoms with Crippen molar-refractivity contribution in [3.05, 3.63) is 54.6 Å². The zero-order chi connectivity index (χ0) is 19.2. The van der Waals surface area contributed by atoms with Gasteiger partial charge in [0.2, 0.25) is 0 Å². The molecule has 0 saturated carbocycles. The third-order valence-electron chi connectivity index (χ3n) is 5.17. The van der Waals surface area contributed by atoms with Crippen molar-refractivity contribution in [3.63, 3.8) is 0 Å². The second-order valence-corrected chi connectivity index (χ2v) is 7.04. The fraction of sp³-hybridized carbons (Fsp3) is 0.348. The van der Waals surface area contributed by atoms with E-state index in [0.29, 0.717) is 0 Å². The van der Waals surface area contributed by atoms with Crippen molar-refractivity contribution in [3.8, 4) is 17.0 Å². The summed E-state index contributed by atoms with van der Waals surface area (Å²) in [6.07, 6.45) is 1.11. The zero-order valence-electron chi connectivity index (χ0n) is 16.4. The Hall–Kier alpha value is -2.63. The molecule has 1 fully saturated rings. The molecule has 0 amide bonds. The average Bonchev–Trinajstić information content (AvgIpc) is 2.77. The van der Waals surface area contributed by atoms with Crippen LogP contribution in [0.25, 0.3) is 22.2 Å². The van der Waals surface area contributed by atoms with Crippen LogP contribution < -0.4 is 10.1 Å². The van der Waals surface area contributed by atoms with Crippen LogP contribution in [0.15, 0.2) is 54.6 Å². The lowest BCUT2D eigenvalue weighted by Crippen LogP contribution is -2.37. The first kappa shape index (κ1) is 18.7. The highest BCUT2D eigenvalue weighted by atomic mass is 16.5. The molecule has 1 aromatic heterocycles. The van der Waals surface area contributed by atoms with Gasteiger partial charge in [0.15, 0.2) is 0 Å². The smallest absolute Gasteiger partial charge is 0.118 e. The minimum Gasteiger partial charge on any atom is -0.497 e. The molecule has 28 heavy (non-hydrogen) atoms. The molecule has 1 aliphatic heterocycles. The fourth-order valence-corrected chi connectivity index (χ4v) is 3.58.